The molecule has 2 amide bonds. The number of nitrogens with zero attached hydrogens (tertiary/aromatic N) is 4. The van der Waals surface area contributed by atoms with Crippen molar-refractivity contribution in [3.8, 4) is 0 Å². The van der Waals surface area contributed by atoms with Gasteiger partial charge in [0.15, 0.2) is 0 Å². The number of rotatable bonds is 7. The van der Waals surface area contributed by atoms with Gasteiger partial charge in [0.05, 0.1) is 18.6 Å². The lowest BCUT2D eigenvalue weighted by Crippen LogP contribution is -2.56. The van der Waals surface area contributed by atoms with Crippen LogP contribution in [0.1, 0.15) is 34.3 Å². The van der Waals surface area contributed by atoms with Crippen LogP contribution in [0, 0.1) is 0 Å². The number of amides is 2. The molecule has 0 aromatic heterocycles. The molecule has 0 aliphatic carbocycles. The number of carbonyl (C=O) groups excluding carboxylic acids is 2. The van der Waals surface area contributed by atoms with Gasteiger partial charge in [0.25, 0.3) is 0 Å². The molecule has 0 bridgehead atoms. The first-order valence-electron chi connectivity index (χ1n) is 14.2. The third-order valence-corrected chi connectivity index (χ3v) is 9.68. The molecule has 6 nitrogen and oxygen atoms in total. The number of halogens is 4. The molecule has 3 heterocycles. The monoisotopic (exact) mass is 662 g/mol. The summed E-state index contributed by atoms with van der Waals surface area (Å²) in [5.41, 5.74) is 5.45. The predicted molar refractivity (Wildman–Crippen MR) is 177 cm³/mol. The molecule has 4 aromatic carbocycles. The maximum Gasteiger partial charge on any atom is 0.248 e. The van der Waals surface area contributed by atoms with Gasteiger partial charge in [-0.05, 0) is 77.4 Å². The van der Waals surface area contributed by atoms with E-state index in [1.54, 1.807) is 21.9 Å². The average molecular weight is 664 g/mol. The van der Waals surface area contributed by atoms with Gasteiger partial charge < -0.3 is 14.7 Å². The van der Waals surface area contributed by atoms with Crippen molar-refractivity contribution in [2.45, 2.75) is 29.4 Å². The summed E-state index contributed by atoms with van der Waals surface area (Å²) in [4.78, 5) is 35.9. The van der Waals surface area contributed by atoms with Crippen LogP contribution in [0.25, 0.3) is 0 Å². The van der Waals surface area contributed by atoms with Gasteiger partial charge in [-0.3, -0.25) is 14.6 Å². The van der Waals surface area contributed by atoms with Crippen LogP contribution < -0.4 is 9.80 Å². The summed E-state index contributed by atoms with van der Waals surface area (Å²) in [6, 6.07) is 30.2. The number of carbonyl (C=O) groups is 2. The second kappa shape index (κ2) is 11.8. The lowest BCUT2D eigenvalue weighted by molar-refractivity contribution is -0.124. The van der Waals surface area contributed by atoms with Crippen LogP contribution in [0.2, 0.25) is 10.0 Å². The Kier molecular flexibility index (Phi) is 7.79. The summed E-state index contributed by atoms with van der Waals surface area (Å²) >= 11 is 25.3. The van der Waals surface area contributed by atoms with Gasteiger partial charge in [-0.15, -0.1) is 23.2 Å². The van der Waals surface area contributed by atoms with Crippen LogP contribution in [-0.2, 0) is 16.1 Å². The Morgan fingerprint density at radius 2 is 1.18 bits per heavy atom. The lowest BCUT2D eigenvalue weighted by atomic mass is 9.92. The summed E-state index contributed by atoms with van der Waals surface area (Å²) < 4.78 is 0. The molecule has 0 saturated carbocycles. The zero-order valence-electron chi connectivity index (χ0n) is 23.3. The number of aliphatic imine (C=N–C) groups is 1. The summed E-state index contributed by atoms with van der Waals surface area (Å²) in [6.07, 6.45) is 0. The van der Waals surface area contributed by atoms with Crippen molar-refractivity contribution in [3.05, 3.63) is 129 Å². The van der Waals surface area contributed by atoms with E-state index in [0.29, 0.717) is 23.1 Å². The Hall–Kier alpha value is -3.55. The van der Waals surface area contributed by atoms with Gasteiger partial charge in [0, 0.05) is 40.1 Å². The van der Waals surface area contributed by atoms with Crippen LogP contribution in [0.4, 0.5) is 11.4 Å². The minimum atomic E-state index is -0.632. The standard InChI is InChI=1S/C34H26Cl4N4O2/c35-24-5-1-3-22(17-24)30-28(37)33(43)41(30)26-11-7-20(8-12-26)19-40-16-15-39-32(40)21-9-13-27(14-10-21)42-31(29(38)34(42)44)23-4-2-6-25(36)18-23/h1-14,17-18,28-31H,15-16,19H2. The fourth-order valence-corrected chi connectivity index (χ4v) is 7.29. The molecule has 0 radical (unpaired) electrons. The van der Waals surface area contributed by atoms with Crippen LogP contribution >= 0.6 is 46.4 Å². The average Bonchev–Trinajstić information content (AvgIpc) is 3.50. The molecular formula is C34H26Cl4N4O2. The van der Waals surface area contributed by atoms with Gasteiger partial charge in [0.1, 0.15) is 16.6 Å². The normalized spacial score (nSPS) is 23.0. The third-order valence-electron chi connectivity index (χ3n) is 8.36. The fraction of sp³-hybridized carbons (Fsp3) is 0.206. The van der Waals surface area contributed by atoms with Crippen molar-refractivity contribution < 1.29 is 9.59 Å². The lowest BCUT2D eigenvalue weighted by Gasteiger charge is -2.44. The number of hydrogen-bond acceptors (Lipinski definition) is 4. The molecule has 222 valence electrons. The number of alkyl halides is 2. The Labute approximate surface area is 275 Å². The van der Waals surface area contributed by atoms with Crippen LogP contribution in [0.15, 0.2) is 102 Å². The highest BCUT2D eigenvalue weighted by Crippen LogP contribution is 2.44. The molecule has 10 heteroatoms. The molecular weight excluding hydrogens is 638 g/mol. The molecule has 4 unspecified atom stereocenters. The molecule has 2 saturated heterocycles. The Bertz CT molecular complexity index is 1780. The first-order valence-corrected chi connectivity index (χ1v) is 15.9. The largest absolute Gasteiger partial charge is 0.350 e. The second-order valence-corrected chi connectivity index (χ2v) is 12.9. The number of benzene rings is 4. The highest BCUT2D eigenvalue weighted by molar-refractivity contribution is 6.38. The summed E-state index contributed by atoms with van der Waals surface area (Å²) in [5, 5.41) is -0.0400. The second-order valence-electron chi connectivity index (χ2n) is 11.1. The van der Waals surface area contributed by atoms with E-state index in [-0.39, 0.29) is 23.9 Å². The van der Waals surface area contributed by atoms with E-state index in [0.717, 1.165) is 46.0 Å². The Morgan fingerprint density at radius 1 is 0.682 bits per heavy atom. The van der Waals surface area contributed by atoms with Gasteiger partial charge in [-0.2, -0.15) is 0 Å². The van der Waals surface area contributed by atoms with Gasteiger partial charge in [0.2, 0.25) is 11.8 Å². The van der Waals surface area contributed by atoms with E-state index in [4.69, 9.17) is 51.4 Å². The van der Waals surface area contributed by atoms with Crippen molar-refractivity contribution in [2.24, 2.45) is 4.99 Å². The topological polar surface area (TPSA) is 56.2 Å². The van der Waals surface area contributed by atoms with E-state index in [2.05, 4.69) is 4.90 Å². The molecule has 7 rings (SSSR count). The van der Waals surface area contributed by atoms with Crippen LogP contribution in [-0.4, -0.2) is 46.4 Å². The maximum absolute atomic E-state index is 12.7. The van der Waals surface area contributed by atoms with E-state index in [9.17, 15) is 9.59 Å². The molecule has 0 N–H and O–H groups in total. The van der Waals surface area contributed by atoms with Gasteiger partial charge in [-0.1, -0.05) is 59.6 Å². The maximum atomic E-state index is 12.7. The first kappa shape index (κ1) is 29.2. The van der Waals surface area contributed by atoms with Crippen molar-refractivity contribution in [1.29, 1.82) is 0 Å². The van der Waals surface area contributed by atoms with Crippen molar-refractivity contribution in [3.63, 3.8) is 0 Å². The van der Waals surface area contributed by atoms with Crippen molar-refractivity contribution in [1.82, 2.24) is 4.90 Å². The minimum Gasteiger partial charge on any atom is -0.350 e. The van der Waals surface area contributed by atoms with Crippen molar-refractivity contribution >= 4 is 75.4 Å². The predicted octanol–water partition coefficient (Wildman–Crippen LogP) is 7.65. The van der Waals surface area contributed by atoms with E-state index in [1.807, 2.05) is 84.9 Å². The molecule has 4 atom stereocenters. The highest BCUT2D eigenvalue weighted by atomic mass is 35.5. The number of hydrogen-bond donors (Lipinski definition) is 0. The third kappa shape index (κ3) is 5.14. The Balaban J connectivity index is 1.04. The zero-order valence-corrected chi connectivity index (χ0v) is 26.3. The summed E-state index contributed by atoms with van der Waals surface area (Å²) in [5.74, 6) is 0.649. The first-order chi connectivity index (χ1) is 21.3. The number of β-lactam (4-membered cyclic amide) rings is 2. The fourth-order valence-electron chi connectivity index (χ4n) is 6.16. The molecule has 3 aliphatic rings. The molecule has 4 aromatic rings. The van der Waals surface area contributed by atoms with E-state index < -0.39 is 10.8 Å². The van der Waals surface area contributed by atoms with Gasteiger partial charge in [-0.25, -0.2) is 0 Å². The molecule has 2 fully saturated rings. The summed E-state index contributed by atoms with van der Waals surface area (Å²) in [7, 11) is 0. The molecule has 0 spiro atoms. The smallest absolute Gasteiger partial charge is 0.248 e. The minimum absolute atomic E-state index is 0.123. The molecule has 44 heavy (non-hydrogen) atoms. The van der Waals surface area contributed by atoms with Crippen molar-refractivity contribution in [2.75, 3.05) is 22.9 Å². The highest BCUT2D eigenvalue weighted by Gasteiger charge is 2.49. The summed E-state index contributed by atoms with van der Waals surface area (Å²) in [6.45, 7) is 2.16. The van der Waals surface area contributed by atoms with Crippen LogP contribution in [0.5, 0.6) is 0 Å². The number of anilines is 2. The van der Waals surface area contributed by atoms with Crippen LogP contribution in [0.3, 0.4) is 0 Å². The molecule has 3 aliphatic heterocycles. The SMILES string of the molecule is O=C1C(Cl)C(c2cccc(Cl)c2)N1c1ccc(CN2CCN=C2c2ccc(N3C(=O)C(Cl)C3c3cccc(Cl)c3)cc2)cc1. The van der Waals surface area contributed by atoms with E-state index in [1.165, 1.54) is 0 Å². The quantitative estimate of drug-likeness (QED) is 0.151. The van der Waals surface area contributed by atoms with Gasteiger partial charge >= 0.3 is 0 Å². The zero-order chi connectivity index (χ0) is 30.5. The van der Waals surface area contributed by atoms with E-state index >= 15 is 0 Å². The number of amidine groups is 1. The Morgan fingerprint density at radius 3 is 1.68 bits per heavy atom.